The van der Waals surface area contributed by atoms with Crippen molar-refractivity contribution in [3.05, 3.63) is 52.8 Å². The van der Waals surface area contributed by atoms with Crippen molar-refractivity contribution < 1.29 is 9.53 Å². The highest BCUT2D eigenvalue weighted by Crippen LogP contribution is 2.70. The smallest absolute Gasteiger partial charge is 0.231 e. The molecule has 1 aromatic heterocycles. The van der Waals surface area contributed by atoms with Gasteiger partial charge in [-0.05, 0) is 65.8 Å². The zero-order valence-electron chi connectivity index (χ0n) is 14.9. The summed E-state index contributed by atoms with van der Waals surface area (Å²) in [5, 5.41) is 0. The number of hydrogen-bond donors (Lipinski definition) is 0. The fourth-order valence-corrected chi connectivity index (χ4v) is 4.66. The van der Waals surface area contributed by atoms with Crippen LogP contribution in [0.15, 0.2) is 30.5 Å². The van der Waals surface area contributed by atoms with Gasteiger partial charge >= 0.3 is 0 Å². The first-order valence-corrected chi connectivity index (χ1v) is 8.80. The maximum atomic E-state index is 12.8. The molecule has 1 fully saturated rings. The number of carbonyl (C=O) groups excluding carboxylic acids is 1. The Hall–Kier alpha value is -2.03. The predicted octanol–water partition coefficient (Wildman–Crippen LogP) is 4.37. The number of benzene rings is 1. The first-order chi connectivity index (χ1) is 11.4. The Morgan fingerprint density at radius 3 is 2.92 bits per heavy atom. The Labute approximate surface area is 143 Å². The van der Waals surface area contributed by atoms with Gasteiger partial charge in [-0.25, -0.2) is 0 Å². The minimum Gasteiger partial charge on any atom is -0.497 e. The third kappa shape index (κ3) is 2.21. The SMILES string of the molecule is COc1cccc(CCC(=O)n2cc(C)c3c2C[C@@H]2[C@H]3C2(C)C)c1. The van der Waals surface area contributed by atoms with Gasteiger partial charge in [0.15, 0.2) is 0 Å². The van der Waals surface area contributed by atoms with E-state index in [1.54, 1.807) is 7.11 Å². The molecule has 2 atom stereocenters. The van der Waals surface area contributed by atoms with Crippen LogP contribution in [-0.4, -0.2) is 17.6 Å². The average molecular weight is 323 g/mol. The third-order valence-electron chi connectivity index (χ3n) is 6.15. The molecule has 1 saturated carbocycles. The molecule has 1 aromatic carbocycles. The normalized spacial score (nSPS) is 22.8. The van der Waals surface area contributed by atoms with E-state index in [0.717, 1.165) is 30.1 Å². The van der Waals surface area contributed by atoms with Gasteiger partial charge in [0.2, 0.25) is 5.91 Å². The second kappa shape index (κ2) is 5.23. The predicted molar refractivity (Wildman–Crippen MR) is 94.8 cm³/mol. The number of aromatic nitrogens is 1. The molecule has 3 nitrogen and oxygen atoms in total. The van der Waals surface area contributed by atoms with Crippen LogP contribution in [0, 0.1) is 18.3 Å². The van der Waals surface area contributed by atoms with Crippen LogP contribution in [0.2, 0.25) is 0 Å². The van der Waals surface area contributed by atoms with Crippen LogP contribution >= 0.6 is 0 Å². The van der Waals surface area contributed by atoms with E-state index in [4.69, 9.17) is 4.74 Å². The Kier molecular flexibility index (Phi) is 3.38. The lowest BCUT2D eigenvalue weighted by atomic mass is 9.97. The lowest BCUT2D eigenvalue weighted by molar-refractivity contribution is 0.0899. The van der Waals surface area contributed by atoms with Gasteiger partial charge in [0.25, 0.3) is 0 Å². The van der Waals surface area contributed by atoms with E-state index >= 15 is 0 Å². The Bertz CT molecular complexity index is 815. The molecule has 0 amide bonds. The molecule has 0 N–H and O–H groups in total. The molecule has 2 aliphatic rings. The van der Waals surface area contributed by atoms with Crippen LogP contribution in [-0.2, 0) is 12.8 Å². The van der Waals surface area contributed by atoms with Crippen LogP contribution in [0.1, 0.15) is 53.4 Å². The van der Waals surface area contributed by atoms with Crippen LogP contribution in [0.4, 0.5) is 0 Å². The number of hydrogen-bond acceptors (Lipinski definition) is 2. The minimum absolute atomic E-state index is 0.210. The Morgan fingerprint density at radius 2 is 2.17 bits per heavy atom. The first kappa shape index (κ1) is 15.5. The van der Waals surface area contributed by atoms with Gasteiger partial charge in [-0.1, -0.05) is 26.0 Å². The zero-order chi connectivity index (χ0) is 17.1. The summed E-state index contributed by atoms with van der Waals surface area (Å²) in [6.07, 6.45) is 4.40. The summed E-state index contributed by atoms with van der Waals surface area (Å²) in [7, 11) is 1.67. The van der Waals surface area contributed by atoms with Crippen LogP contribution < -0.4 is 4.74 Å². The van der Waals surface area contributed by atoms with Gasteiger partial charge in [0.1, 0.15) is 5.75 Å². The summed E-state index contributed by atoms with van der Waals surface area (Å²) in [4.78, 5) is 12.8. The molecule has 4 rings (SSSR count). The molecule has 2 aliphatic carbocycles. The van der Waals surface area contributed by atoms with Crippen molar-refractivity contribution in [2.45, 2.75) is 46.0 Å². The zero-order valence-corrected chi connectivity index (χ0v) is 14.9. The molecular weight excluding hydrogens is 298 g/mol. The lowest BCUT2D eigenvalue weighted by Crippen LogP contribution is -2.15. The second-order valence-electron chi connectivity index (χ2n) is 7.90. The highest BCUT2D eigenvalue weighted by molar-refractivity contribution is 5.81. The minimum atomic E-state index is 0.210. The quantitative estimate of drug-likeness (QED) is 0.836. The van der Waals surface area contributed by atoms with Crippen molar-refractivity contribution in [2.24, 2.45) is 11.3 Å². The van der Waals surface area contributed by atoms with E-state index in [-0.39, 0.29) is 5.91 Å². The van der Waals surface area contributed by atoms with Gasteiger partial charge in [0.05, 0.1) is 7.11 Å². The van der Waals surface area contributed by atoms with Crippen molar-refractivity contribution in [3.63, 3.8) is 0 Å². The Morgan fingerprint density at radius 1 is 1.38 bits per heavy atom. The summed E-state index contributed by atoms with van der Waals surface area (Å²) in [5.41, 5.74) is 5.59. The van der Waals surface area contributed by atoms with E-state index in [2.05, 4.69) is 33.0 Å². The van der Waals surface area contributed by atoms with Crippen LogP contribution in [0.3, 0.4) is 0 Å². The topological polar surface area (TPSA) is 31.2 Å². The number of ether oxygens (including phenoxy) is 1. The van der Waals surface area contributed by atoms with Crippen LogP contribution in [0.5, 0.6) is 5.75 Å². The summed E-state index contributed by atoms with van der Waals surface area (Å²) >= 11 is 0. The number of carbonyl (C=O) groups is 1. The highest BCUT2D eigenvalue weighted by Gasteiger charge is 2.63. The maximum absolute atomic E-state index is 12.8. The summed E-state index contributed by atoms with van der Waals surface area (Å²) < 4.78 is 7.19. The van der Waals surface area contributed by atoms with E-state index in [9.17, 15) is 4.79 Å². The van der Waals surface area contributed by atoms with Crippen molar-refractivity contribution in [1.29, 1.82) is 0 Å². The van der Waals surface area contributed by atoms with Crippen molar-refractivity contribution in [3.8, 4) is 5.75 Å². The molecule has 1 heterocycles. The monoisotopic (exact) mass is 323 g/mol. The van der Waals surface area contributed by atoms with E-state index in [1.165, 1.54) is 16.8 Å². The van der Waals surface area contributed by atoms with Gasteiger partial charge in [-0.3, -0.25) is 9.36 Å². The first-order valence-electron chi connectivity index (χ1n) is 8.80. The number of rotatable bonds is 4. The van der Waals surface area contributed by atoms with E-state index < -0.39 is 0 Å². The lowest BCUT2D eigenvalue weighted by Gasteiger charge is -2.12. The number of methoxy groups -OCH3 is 1. The second-order valence-corrected chi connectivity index (χ2v) is 7.90. The number of nitrogens with zero attached hydrogens (tertiary/aromatic N) is 1. The number of fused-ring (bicyclic) bond motifs is 3. The standard InChI is InChI=1S/C21H25NO2/c1-13-12-22(17-11-16-20(19(13)17)21(16,2)3)18(23)9-8-14-6-5-7-15(10-14)24-4/h5-7,10,12,16,20H,8-9,11H2,1-4H3/t16-,20-/m1/s1. The van der Waals surface area contributed by atoms with Gasteiger partial charge in [-0.2, -0.15) is 0 Å². The van der Waals surface area contributed by atoms with Gasteiger partial charge < -0.3 is 4.74 Å². The van der Waals surface area contributed by atoms with Crippen LogP contribution in [0.25, 0.3) is 0 Å². The molecule has 2 aromatic rings. The number of aryl methyl sites for hydroxylation is 2. The maximum Gasteiger partial charge on any atom is 0.231 e. The molecule has 126 valence electrons. The fraction of sp³-hybridized carbons (Fsp3) is 0.476. The molecule has 0 spiro atoms. The summed E-state index contributed by atoms with van der Waals surface area (Å²) in [5.74, 6) is 2.46. The highest BCUT2D eigenvalue weighted by atomic mass is 16.5. The molecule has 0 bridgehead atoms. The molecule has 0 aliphatic heterocycles. The third-order valence-corrected chi connectivity index (χ3v) is 6.15. The summed E-state index contributed by atoms with van der Waals surface area (Å²) in [6, 6.07) is 7.97. The van der Waals surface area contributed by atoms with E-state index in [0.29, 0.717) is 17.8 Å². The molecule has 24 heavy (non-hydrogen) atoms. The Balaban J connectivity index is 1.50. The average Bonchev–Trinajstić information content (AvgIpc) is 2.92. The molecule has 0 unspecified atom stereocenters. The van der Waals surface area contributed by atoms with Gasteiger partial charge in [-0.15, -0.1) is 0 Å². The molecular formula is C21H25NO2. The fourth-order valence-electron chi connectivity index (χ4n) is 4.66. The molecule has 3 heteroatoms. The van der Waals surface area contributed by atoms with Crippen molar-refractivity contribution in [1.82, 2.24) is 4.57 Å². The van der Waals surface area contributed by atoms with E-state index in [1.807, 2.05) is 22.8 Å². The van der Waals surface area contributed by atoms with Crippen molar-refractivity contribution >= 4 is 5.91 Å². The summed E-state index contributed by atoms with van der Waals surface area (Å²) in [6.45, 7) is 6.86. The molecule has 0 radical (unpaired) electrons. The van der Waals surface area contributed by atoms with Gasteiger partial charge in [0, 0.05) is 18.3 Å². The molecule has 0 saturated heterocycles. The van der Waals surface area contributed by atoms with Crippen molar-refractivity contribution in [2.75, 3.05) is 7.11 Å². The largest absolute Gasteiger partial charge is 0.497 e.